The van der Waals surface area contributed by atoms with Crippen molar-refractivity contribution in [3.8, 4) is 16.9 Å². The largest absolute Gasteiger partial charge is 0.485 e. The van der Waals surface area contributed by atoms with Crippen LogP contribution in [0.5, 0.6) is 5.75 Å². The molecule has 2 amide bonds. The van der Waals surface area contributed by atoms with E-state index in [9.17, 15) is 18.4 Å². The Hall–Kier alpha value is -4.58. The van der Waals surface area contributed by atoms with E-state index in [2.05, 4.69) is 15.4 Å². The molecule has 40 heavy (non-hydrogen) atoms. The molecule has 12 heteroatoms. The summed E-state index contributed by atoms with van der Waals surface area (Å²) in [6.07, 6.45) is -1.33. The van der Waals surface area contributed by atoms with Crippen LogP contribution in [0.15, 0.2) is 47.0 Å². The second-order valence-electron chi connectivity index (χ2n) is 9.29. The van der Waals surface area contributed by atoms with Crippen LogP contribution in [0.2, 0.25) is 0 Å². The number of furan rings is 1. The number of thiophene rings is 1. The van der Waals surface area contributed by atoms with Crippen LogP contribution in [-0.4, -0.2) is 26.6 Å². The number of hydrogen-bond acceptors (Lipinski definition) is 7. The topological polar surface area (TPSA) is 125 Å². The summed E-state index contributed by atoms with van der Waals surface area (Å²) < 4.78 is 40.6. The van der Waals surface area contributed by atoms with E-state index < -0.39 is 23.9 Å². The second kappa shape index (κ2) is 10.5. The van der Waals surface area contributed by atoms with Crippen molar-refractivity contribution in [3.63, 3.8) is 0 Å². The van der Waals surface area contributed by atoms with Gasteiger partial charge in [-0.25, -0.2) is 13.8 Å². The van der Waals surface area contributed by atoms with Gasteiger partial charge in [-0.2, -0.15) is 5.10 Å². The standard InChI is InChI=1S/C28H25F2N5O4S/c1-13-5-6-14(2)21(9-13)38-12-16-7-8-20(39-16)27(37)34-23-22-17(18-11-32-35(4)15(18)3)10-19(25(29)30)33-28(22)40-24(23)26(31)36/h5-11,25H,12H2,1-4H3,(H2,31,36)(H,34,37). The van der Waals surface area contributed by atoms with Crippen LogP contribution in [0.1, 0.15) is 54.9 Å². The highest BCUT2D eigenvalue weighted by Gasteiger charge is 2.27. The van der Waals surface area contributed by atoms with Gasteiger partial charge in [-0.1, -0.05) is 12.1 Å². The number of aromatic nitrogens is 3. The first-order valence-corrected chi connectivity index (χ1v) is 13.0. The third-order valence-corrected chi connectivity index (χ3v) is 7.59. The van der Waals surface area contributed by atoms with E-state index in [1.54, 1.807) is 24.7 Å². The summed E-state index contributed by atoms with van der Waals surface area (Å²) in [4.78, 5) is 29.8. The highest BCUT2D eigenvalue weighted by atomic mass is 32.1. The number of primary amides is 1. The Morgan fingerprint density at radius 1 is 1.15 bits per heavy atom. The van der Waals surface area contributed by atoms with Gasteiger partial charge in [-0.05, 0) is 61.7 Å². The lowest BCUT2D eigenvalue weighted by Gasteiger charge is -2.10. The first-order chi connectivity index (χ1) is 19.0. The van der Waals surface area contributed by atoms with Crippen molar-refractivity contribution in [3.05, 3.63) is 81.5 Å². The second-order valence-corrected chi connectivity index (χ2v) is 10.3. The third-order valence-electron chi connectivity index (χ3n) is 6.49. The van der Waals surface area contributed by atoms with Crippen molar-refractivity contribution in [1.82, 2.24) is 14.8 Å². The normalized spacial score (nSPS) is 11.4. The number of pyridine rings is 1. The number of nitrogens with zero attached hydrogens (tertiary/aromatic N) is 3. The van der Waals surface area contributed by atoms with Gasteiger partial charge in [0.15, 0.2) is 5.76 Å². The van der Waals surface area contributed by atoms with Crippen LogP contribution in [0, 0.1) is 20.8 Å². The Labute approximate surface area is 231 Å². The van der Waals surface area contributed by atoms with E-state index in [-0.39, 0.29) is 27.8 Å². The van der Waals surface area contributed by atoms with Crippen LogP contribution in [0.4, 0.5) is 14.5 Å². The highest BCUT2D eigenvalue weighted by molar-refractivity contribution is 7.21. The number of nitrogens with two attached hydrogens (primary N) is 1. The monoisotopic (exact) mass is 565 g/mol. The molecule has 0 bridgehead atoms. The van der Waals surface area contributed by atoms with Crippen molar-refractivity contribution < 1.29 is 27.5 Å². The van der Waals surface area contributed by atoms with Crippen molar-refractivity contribution in [2.45, 2.75) is 33.8 Å². The van der Waals surface area contributed by atoms with Crippen molar-refractivity contribution >= 4 is 39.1 Å². The number of anilines is 1. The molecular formula is C28H25F2N5O4S. The lowest BCUT2D eigenvalue weighted by atomic mass is 10.0. The predicted molar refractivity (Wildman–Crippen MR) is 147 cm³/mol. The molecule has 0 aliphatic carbocycles. The summed E-state index contributed by atoms with van der Waals surface area (Å²) in [7, 11) is 1.72. The Morgan fingerprint density at radius 3 is 2.60 bits per heavy atom. The molecule has 3 N–H and O–H groups in total. The van der Waals surface area contributed by atoms with Crippen molar-refractivity contribution in [2.24, 2.45) is 12.8 Å². The molecule has 0 aliphatic heterocycles. The summed E-state index contributed by atoms with van der Waals surface area (Å²) in [6.45, 7) is 5.76. The Kier molecular flexibility index (Phi) is 7.11. The first kappa shape index (κ1) is 27.0. The van der Waals surface area contributed by atoms with Gasteiger partial charge in [0.25, 0.3) is 18.2 Å². The molecule has 9 nitrogen and oxygen atoms in total. The minimum absolute atomic E-state index is 0.0323. The van der Waals surface area contributed by atoms with Crippen LogP contribution in [0.3, 0.4) is 0 Å². The molecule has 4 aromatic heterocycles. The molecule has 0 unspecified atom stereocenters. The van der Waals surface area contributed by atoms with Gasteiger partial charge in [-0.15, -0.1) is 11.3 Å². The molecule has 0 atom stereocenters. The number of carbonyl (C=O) groups excluding carboxylic acids is 2. The summed E-state index contributed by atoms with van der Waals surface area (Å²) in [5.74, 6) is -0.427. The summed E-state index contributed by atoms with van der Waals surface area (Å²) in [5.41, 5.74) is 8.80. The average Bonchev–Trinajstić information content (AvgIpc) is 3.62. The van der Waals surface area contributed by atoms with Crippen LogP contribution in [0.25, 0.3) is 21.3 Å². The summed E-state index contributed by atoms with van der Waals surface area (Å²) >= 11 is 0.824. The van der Waals surface area contributed by atoms with Crippen molar-refractivity contribution in [2.75, 3.05) is 5.32 Å². The SMILES string of the molecule is Cc1ccc(C)c(OCc2ccc(C(=O)Nc3c(C(N)=O)sc4nc(C(F)F)cc(-c5cnn(C)c5C)c34)o2)c1. The molecule has 0 saturated carbocycles. The number of fused-ring (bicyclic) bond motifs is 1. The fourth-order valence-electron chi connectivity index (χ4n) is 4.26. The fraction of sp³-hybridized carbons (Fsp3) is 0.214. The molecule has 0 radical (unpaired) electrons. The maximum Gasteiger partial charge on any atom is 0.291 e. The summed E-state index contributed by atoms with van der Waals surface area (Å²) in [6, 6.07) is 10.2. The van der Waals surface area contributed by atoms with Crippen LogP contribution < -0.4 is 15.8 Å². The molecular weight excluding hydrogens is 540 g/mol. The number of carbonyl (C=O) groups is 2. The number of nitrogens with one attached hydrogen (secondary N) is 1. The molecule has 5 rings (SSSR count). The zero-order valence-corrected chi connectivity index (χ0v) is 22.9. The van der Waals surface area contributed by atoms with Gasteiger partial charge in [0.05, 0.1) is 11.9 Å². The lowest BCUT2D eigenvalue weighted by Crippen LogP contribution is -2.16. The van der Waals surface area contributed by atoms with E-state index in [1.165, 1.54) is 18.3 Å². The van der Waals surface area contributed by atoms with E-state index in [1.807, 2.05) is 32.0 Å². The predicted octanol–water partition coefficient (Wildman–Crippen LogP) is 6.08. The van der Waals surface area contributed by atoms with E-state index in [0.29, 0.717) is 33.7 Å². The van der Waals surface area contributed by atoms with Gasteiger partial charge < -0.3 is 20.2 Å². The molecule has 0 aliphatic rings. The minimum atomic E-state index is -2.86. The molecule has 4 heterocycles. The first-order valence-electron chi connectivity index (χ1n) is 12.2. The van der Waals surface area contributed by atoms with Gasteiger partial charge >= 0.3 is 0 Å². The zero-order chi connectivity index (χ0) is 28.7. The number of amides is 2. The van der Waals surface area contributed by atoms with Crippen molar-refractivity contribution in [1.29, 1.82) is 0 Å². The molecule has 206 valence electrons. The number of halogens is 2. The number of rotatable bonds is 8. The van der Waals surface area contributed by atoms with Crippen LogP contribution >= 0.6 is 11.3 Å². The zero-order valence-electron chi connectivity index (χ0n) is 22.0. The fourth-order valence-corrected chi connectivity index (χ4v) is 5.28. The van der Waals surface area contributed by atoms with Crippen LogP contribution in [-0.2, 0) is 13.7 Å². The quantitative estimate of drug-likeness (QED) is 0.235. The van der Waals surface area contributed by atoms with E-state index >= 15 is 0 Å². The van der Waals surface area contributed by atoms with Gasteiger partial charge in [-0.3, -0.25) is 14.3 Å². The lowest BCUT2D eigenvalue weighted by molar-refractivity contribution is 0.0992. The van der Waals surface area contributed by atoms with E-state index in [4.69, 9.17) is 14.9 Å². The van der Waals surface area contributed by atoms with Gasteiger partial charge in [0.2, 0.25) is 0 Å². The maximum atomic E-state index is 13.7. The Morgan fingerprint density at radius 2 is 1.93 bits per heavy atom. The smallest absolute Gasteiger partial charge is 0.291 e. The van der Waals surface area contributed by atoms with Gasteiger partial charge in [0.1, 0.15) is 33.5 Å². The number of alkyl halides is 2. The molecule has 0 saturated heterocycles. The molecule has 1 aromatic carbocycles. The summed E-state index contributed by atoms with van der Waals surface area (Å²) in [5, 5.41) is 7.22. The number of aryl methyl sites for hydroxylation is 3. The molecule has 0 spiro atoms. The molecule has 0 fully saturated rings. The minimum Gasteiger partial charge on any atom is -0.485 e. The maximum absolute atomic E-state index is 13.7. The Balaban J connectivity index is 1.51. The number of hydrogen-bond donors (Lipinski definition) is 2. The molecule has 5 aromatic rings. The Bertz CT molecular complexity index is 1770. The van der Waals surface area contributed by atoms with Gasteiger partial charge in [0, 0.05) is 23.7 Å². The number of ether oxygens (including phenoxy) is 1. The van der Waals surface area contributed by atoms with E-state index in [0.717, 1.165) is 22.5 Å². The number of benzene rings is 1. The highest BCUT2D eigenvalue weighted by Crippen LogP contribution is 2.43. The third kappa shape index (κ3) is 5.05. The average molecular weight is 566 g/mol.